The van der Waals surface area contributed by atoms with E-state index >= 15 is 0 Å². The summed E-state index contributed by atoms with van der Waals surface area (Å²) in [6, 6.07) is 0.160. The first-order chi connectivity index (χ1) is 3.66. The predicted molar refractivity (Wildman–Crippen MR) is 39.7 cm³/mol. The van der Waals surface area contributed by atoms with Gasteiger partial charge in [-0.1, -0.05) is 19.1 Å². The van der Waals surface area contributed by atoms with Gasteiger partial charge in [0.25, 0.3) is 0 Å². The lowest BCUT2D eigenvalue weighted by atomic mass is 10.2. The SMILES string of the molecule is CCC(N)CC(N)=S. The van der Waals surface area contributed by atoms with Crippen LogP contribution < -0.4 is 11.5 Å². The van der Waals surface area contributed by atoms with Gasteiger partial charge in [-0.05, 0) is 6.42 Å². The highest BCUT2D eigenvalue weighted by atomic mass is 32.1. The molecular weight excluding hydrogens is 120 g/mol. The van der Waals surface area contributed by atoms with E-state index in [4.69, 9.17) is 11.5 Å². The van der Waals surface area contributed by atoms with E-state index in [0.29, 0.717) is 11.4 Å². The second-order valence-electron chi connectivity index (χ2n) is 1.84. The predicted octanol–water partition coefficient (Wildman–Crippen LogP) is 0.400. The summed E-state index contributed by atoms with van der Waals surface area (Å²) in [6.45, 7) is 2.02. The molecule has 0 aliphatic heterocycles. The average molecular weight is 132 g/mol. The Morgan fingerprint density at radius 3 is 2.38 bits per heavy atom. The molecular formula is C5H12N2S. The van der Waals surface area contributed by atoms with Crippen LogP contribution >= 0.6 is 12.2 Å². The maximum Gasteiger partial charge on any atom is 0.0742 e. The van der Waals surface area contributed by atoms with Crippen molar-refractivity contribution in [1.82, 2.24) is 0 Å². The largest absolute Gasteiger partial charge is 0.393 e. The highest BCUT2D eigenvalue weighted by molar-refractivity contribution is 7.80. The van der Waals surface area contributed by atoms with E-state index in [-0.39, 0.29) is 6.04 Å². The lowest BCUT2D eigenvalue weighted by Crippen LogP contribution is -2.25. The number of nitrogens with two attached hydrogens (primary N) is 2. The molecule has 0 radical (unpaired) electrons. The summed E-state index contributed by atoms with van der Waals surface area (Å²) in [5.74, 6) is 0. The van der Waals surface area contributed by atoms with Crippen LogP contribution in [0.4, 0.5) is 0 Å². The molecule has 0 aromatic carbocycles. The summed E-state index contributed by atoms with van der Waals surface area (Å²) in [5, 5.41) is 0. The fourth-order valence-electron chi connectivity index (χ4n) is 0.403. The van der Waals surface area contributed by atoms with Crippen molar-refractivity contribution in [1.29, 1.82) is 0 Å². The van der Waals surface area contributed by atoms with Crippen molar-refractivity contribution in [2.45, 2.75) is 25.8 Å². The summed E-state index contributed by atoms with van der Waals surface area (Å²) in [6.07, 6.45) is 1.61. The first-order valence-electron chi connectivity index (χ1n) is 2.70. The Labute approximate surface area is 55.2 Å². The molecule has 0 saturated carbocycles. The highest BCUT2D eigenvalue weighted by Gasteiger charge is 1.98. The van der Waals surface area contributed by atoms with E-state index in [1.54, 1.807) is 0 Å². The van der Waals surface area contributed by atoms with E-state index in [2.05, 4.69) is 12.2 Å². The lowest BCUT2D eigenvalue weighted by molar-refractivity contribution is 0.676. The smallest absolute Gasteiger partial charge is 0.0742 e. The summed E-state index contributed by atoms with van der Waals surface area (Å²) in [5.41, 5.74) is 10.7. The van der Waals surface area contributed by atoms with Crippen LogP contribution in [0, 0.1) is 0 Å². The Morgan fingerprint density at radius 2 is 2.25 bits per heavy atom. The molecule has 0 amide bonds. The van der Waals surface area contributed by atoms with Gasteiger partial charge in [-0.3, -0.25) is 0 Å². The minimum atomic E-state index is 0.160. The van der Waals surface area contributed by atoms with E-state index in [9.17, 15) is 0 Å². The van der Waals surface area contributed by atoms with Gasteiger partial charge in [-0.2, -0.15) is 0 Å². The van der Waals surface area contributed by atoms with Gasteiger partial charge in [0.2, 0.25) is 0 Å². The maximum atomic E-state index is 5.51. The molecule has 0 aromatic heterocycles. The first kappa shape index (κ1) is 7.85. The normalized spacial score (nSPS) is 13.2. The minimum absolute atomic E-state index is 0.160. The summed E-state index contributed by atoms with van der Waals surface area (Å²) < 4.78 is 0. The van der Waals surface area contributed by atoms with E-state index < -0.39 is 0 Å². The first-order valence-corrected chi connectivity index (χ1v) is 3.11. The van der Waals surface area contributed by atoms with Crippen molar-refractivity contribution in [3.63, 3.8) is 0 Å². The van der Waals surface area contributed by atoms with E-state index in [1.807, 2.05) is 6.92 Å². The zero-order valence-corrected chi connectivity index (χ0v) is 5.87. The molecule has 3 heteroatoms. The van der Waals surface area contributed by atoms with Crippen molar-refractivity contribution >= 4 is 17.2 Å². The van der Waals surface area contributed by atoms with Gasteiger partial charge in [-0.15, -0.1) is 0 Å². The van der Waals surface area contributed by atoms with Crippen molar-refractivity contribution in [3.05, 3.63) is 0 Å². The zero-order chi connectivity index (χ0) is 6.57. The van der Waals surface area contributed by atoms with Crippen LogP contribution in [0.25, 0.3) is 0 Å². The molecule has 0 rings (SSSR count). The standard InChI is InChI=1S/C5H12N2S/c1-2-4(6)3-5(7)8/h4H,2-3,6H2,1H3,(H2,7,8). The average Bonchev–Trinajstić information content (AvgIpc) is 1.65. The Bertz CT molecular complexity index is 82.5. The maximum absolute atomic E-state index is 5.51. The van der Waals surface area contributed by atoms with Crippen LogP contribution in [0.5, 0.6) is 0 Å². The summed E-state index contributed by atoms with van der Waals surface area (Å²) in [7, 11) is 0. The molecule has 0 spiro atoms. The molecule has 0 aromatic rings. The number of hydrogen-bond acceptors (Lipinski definition) is 2. The molecule has 0 fully saturated rings. The fraction of sp³-hybridized carbons (Fsp3) is 0.800. The molecule has 0 aliphatic carbocycles. The van der Waals surface area contributed by atoms with Crippen LogP contribution in [-0.4, -0.2) is 11.0 Å². The highest BCUT2D eigenvalue weighted by Crippen LogP contribution is 1.91. The lowest BCUT2D eigenvalue weighted by Gasteiger charge is -2.04. The molecule has 1 unspecified atom stereocenters. The third-order valence-corrected chi connectivity index (χ3v) is 1.15. The quantitative estimate of drug-likeness (QED) is 0.546. The number of rotatable bonds is 3. The Balaban J connectivity index is 3.24. The van der Waals surface area contributed by atoms with Crippen LogP contribution in [-0.2, 0) is 0 Å². The summed E-state index contributed by atoms with van der Waals surface area (Å²) in [4.78, 5) is 0.513. The third-order valence-electron chi connectivity index (χ3n) is 0.988. The van der Waals surface area contributed by atoms with Gasteiger partial charge in [0.05, 0.1) is 4.99 Å². The van der Waals surface area contributed by atoms with Gasteiger partial charge in [0.1, 0.15) is 0 Å². The Kier molecular flexibility index (Phi) is 3.73. The van der Waals surface area contributed by atoms with E-state index in [0.717, 1.165) is 6.42 Å². The van der Waals surface area contributed by atoms with Crippen molar-refractivity contribution in [2.75, 3.05) is 0 Å². The molecule has 1 atom stereocenters. The van der Waals surface area contributed by atoms with E-state index in [1.165, 1.54) is 0 Å². The van der Waals surface area contributed by atoms with Crippen molar-refractivity contribution < 1.29 is 0 Å². The van der Waals surface area contributed by atoms with Crippen LogP contribution in [0.15, 0.2) is 0 Å². The third kappa shape index (κ3) is 4.02. The zero-order valence-electron chi connectivity index (χ0n) is 5.05. The number of hydrogen-bond donors (Lipinski definition) is 2. The van der Waals surface area contributed by atoms with Crippen molar-refractivity contribution in [2.24, 2.45) is 11.5 Å². The molecule has 0 heterocycles. The topological polar surface area (TPSA) is 52.0 Å². The monoisotopic (exact) mass is 132 g/mol. The Hall–Kier alpha value is -0.150. The van der Waals surface area contributed by atoms with Gasteiger partial charge in [0, 0.05) is 12.5 Å². The van der Waals surface area contributed by atoms with Crippen LogP contribution in [0.2, 0.25) is 0 Å². The molecule has 8 heavy (non-hydrogen) atoms. The van der Waals surface area contributed by atoms with Crippen LogP contribution in [0.1, 0.15) is 19.8 Å². The summed E-state index contributed by atoms with van der Waals surface area (Å²) >= 11 is 4.64. The van der Waals surface area contributed by atoms with Gasteiger partial charge < -0.3 is 11.5 Å². The molecule has 0 bridgehead atoms. The molecule has 48 valence electrons. The number of thiocarbonyl (C=S) groups is 1. The fourth-order valence-corrected chi connectivity index (χ4v) is 0.617. The molecule has 2 nitrogen and oxygen atoms in total. The van der Waals surface area contributed by atoms with Crippen LogP contribution in [0.3, 0.4) is 0 Å². The van der Waals surface area contributed by atoms with Crippen molar-refractivity contribution in [3.8, 4) is 0 Å². The Morgan fingerprint density at radius 1 is 1.75 bits per heavy atom. The van der Waals surface area contributed by atoms with Gasteiger partial charge in [-0.25, -0.2) is 0 Å². The van der Waals surface area contributed by atoms with Gasteiger partial charge >= 0.3 is 0 Å². The minimum Gasteiger partial charge on any atom is -0.393 e. The molecule has 0 saturated heterocycles. The second kappa shape index (κ2) is 3.80. The molecule has 4 N–H and O–H groups in total. The molecule has 0 aliphatic rings. The second-order valence-corrected chi connectivity index (χ2v) is 2.36. The van der Waals surface area contributed by atoms with Gasteiger partial charge in [0.15, 0.2) is 0 Å².